The van der Waals surface area contributed by atoms with Gasteiger partial charge in [0.1, 0.15) is 0 Å². The van der Waals surface area contributed by atoms with E-state index in [9.17, 15) is 4.79 Å². The molecule has 1 aliphatic heterocycles. The zero-order valence-corrected chi connectivity index (χ0v) is 6.29. The minimum Gasteiger partial charge on any atom is -0.396 e. The van der Waals surface area contributed by atoms with E-state index in [0.717, 1.165) is 0 Å². The van der Waals surface area contributed by atoms with E-state index in [1.165, 1.54) is 0 Å². The van der Waals surface area contributed by atoms with Crippen LogP contribution < -0.4 is 0 Å². The van der Waals surface area contributed by atoms with Crippen molar-refractivity contribution in [2.45, 2.75) is 6.42 Å². The molecule has 3 nitrogen and oxygen atoms in total. The molecular formula is C8H11NO2. The summed E-state index contributed by atoms with van der Waals surface area (Å²) < 4.78 is 0. The van der Waals surface area contributed by atoms with Gasteiger partial charge in [-0.15, -0.1) is 6.42 Å². The van der Waals surface area contributed by atoms with Crippen LogP contribution in [0.15, 0.2) is 0 Å². The zero-order valence-electron chi connectivity index (χ0n) is 6.29. The maximum absolute atomic E-state index is 11.1. The first-order valence-electron chi connectivity index (χ1n) is 3.60. The van der Waals surface area contributed by atoms with E-state index in [4.69, 9.17) is 11.5 Å². The van der Waals surface area contributed by atoms with E-state index in [2.05, 4.69) is 5.92 Å². The van der Waals surface area contributed by atoms with Gasteiger partial charge in [-0.3, -0.25) is 4.79 Å². The van der Waals surface area contributed by atoms with Gasteiger partial charge in [0.2, 0.25) is 5.91 Å². The quantitative estimate of drug-likeness (QED) is 0.541. The van der Waals surface area contributed by atoms with E-state index < -0.39 is 0 Å². The highest BCUT2D eigenvalue weighted by Crippen LogP contribution is 2.15. The lowest BCUT2D eigenvalue weighted by molar-refractivity contribution is -0.127. The molecule has 1 unspecified atom stereocenters. The van der Waals surface area contributed by atoms with Crippen LogP contribution in [0.25, 0.3) is 0 Å². The lowest BCUT2D eigenvalue weighted by atomic mass is 10.1. The van der Waals surface area contributed by atoms with Gasteiger partial charge in [-0.2, -0.15) is 0 Å². The van der Waals surface area contributed by atoms with Crippen molar-refractivity contribution in [2.24, 2.45) is 5.92 Å². The van der Waals surface area contributed by atoms with Gasteiger partial charge in [-0.1, -0.05) is 5.92 Å². The number of hydrogen-bond acceptors (Lipinski definition) is 2. The molecule has 0 aromatic heterocycles. The molecule has 0 spiro atoms. The van der Waals surface area contributed by atoms with Crippen LogP contribution in [-0.2, 0) is 4.79 Å². The van der Waals surface area contributed by atoms with Gasteiger partial charge >= 0.3 is 0 Å². The standard InChI is InChI=1S/C8H11NO2/c1-2-3-9-5-7(6-10)4-8(9)11/h1,7,10H,3-6H2. The summed E-state index contributed by atoms with van der Waals surface area (Å²) in [5.41, 5.74) is 0. The van der Waals surface area contributed by atoms with E-state index in [1.807, 2.05) is 0 Å². The van der Waals surface area contributed by atoms with Crippen LogP contribution in [0, 0.1) is 18.3 Å². The Hall–Kier alpha value is -1.01. The summed E-state index contributed by atoms with van der Waals surface area (Å²) in [6, 6.07) is 0. The summed E-state index contributed by atoms with van der Waals surface area (Å²) in [5.74, 6) is 2.56. The number of carbonyl (C=O) groups excluding carboxylic acids is 1. The summed E-state index contributed by atoms with van der Waals surface area (Å²) in [5, 5.41) is 8.74. The van der Waals surface area contributed by atoms with Crippen molar-refractivity contribution in [2.75, 3.05) is 19.7 Å². The number of nitrogens with zero attached hydrogens (tertiary/aromatic N) is 1. The molecule has 0 aromatic rings. The Bertz CT molecular complexity index is 195. The normalized spacial score (nSPS) is 23.8. The van der Waals surface area contributed by atoms with Gasteiger partial charge in [0, 0.05) is 25.5 Å². The highest BCUT2D eigenvalue weighted by Gasteiger charge is 2.27. The molecule has 60 valence electrons. The number of rotatable bonds is 2. The third kappa shape index (κ3) is 1.72. The summed E-state index contributed by atoms with van der Waals surface area (Å²) in [7, 11) is 0. The molecule has 0 bridgehead atoms. The van der Waals surface area contributed by atoms with E-state index >= 15 is 0 Å². The molecule has 0 aliphatic carbocycles. The molecule has 0 saturated carbocycles. The Balaban J connectivity index is 2.46. The first-order valence-corrected chi connectivity index (χ1v) is 3.60. The van der Waals surface area contributed by atoms with Crippen molar-refractivity contribution in [3.63, 3.8) is 0 Å². The van der Waals surface area contributed by atoms with Gasteiger partial charge < -0.3 is 10.0 Å². The molecule has 1 N–H and O–H groups in total. The Labute approximate surface area is 66.0 Å². The fraction of sp³-hybridized carbons (Fsp3) is 0.625. The van der Waals surface area contributed by atoms with Crippen molar-refractivity contribution in [3.8, 4) is 12.3 Å². The molecule has 0 radical (unpaired) electrons. The van der Waals surface area contributed by atoms with Gasteiger partial charge in [0.15, 0.2) is 0 Å². The van der Waals surface area contributed by atoms with Crippen molar-refractivity contribution in [3.05, 3.63) is 0 Å². The average Bonchev–Trinajstić information content (AvgIpc) is 2.33. The molecule has 1 atom stereocenters. The molecule has 0 aromatic carbocycles. The number of terminal acetylenes is 1. The first kappa shape index (κ1) is 8.09. The van der Waals surface area contributed by atoms with Gasteiger partial charge in [0.25, 0.3) is 0 Å². The molecule has 1 rings (SSSR count). The maximum atomic E-state index is 11.1. The molecule has 1 amide bonds. The average molecular weight is 153 g/mol. The van der Waals surface area contributed by atoms with Crippen molar-refractivity contribution < 1.29 is 9.90 Å². The second-order valence-electron chi connectivity index (χ2n) is 2.73. The first-order chi connectivity index (χ1) is 5.27. The van der Waals surface area contributed by atoms with Crippen molar-refractivity contribution in [1.29, 1.82) is 0 Å². The summed E-state index contributed by atoms with van der Waals surface area (Å²) in [4.78, 5) is 12.7. The van der Waals surface area contributed by atoms with Crippen LogP contribution in [0.2, 0.25) is 0 Å². The largest absolute Gasteiger partial charge is 0.396 e. The van der Waals surface area contributed by atoms with E-state index in [-0.39, 0.29) is 18.4 Å². The monoisotopic (exact) mass is 153 g/mol. The Morgan fingerprint density at radius 1 is 1.82 bits per heavy atom. The maximum Gasteiger partial charge on any atom is 0.223 e. The molecule has 3 heteroatoms. The molecule has 1 fully saturated rings. The number of likely N-dealkylation sites (tertiary alicyclic amines) is 1. The Morgan fingerprint density at radius 3 is 3.00 bits per heavy atom. The number of aliphatic hydroxyl groups is 1. The van der Waals surface area contributed by atoms with Crippen LogP contribution in [0.5, 0.6) is 0 Å². The highest BCUT2D eigenvalue weighted by molar-refractivity contribution is 5.78. The Kier molecular flexibility index (Phi) is 2.50. The second-order valence-corrected chi connectivity index (χ2v) is 2.73. The molecular weight excluding hydrogens is 142 g/mol. The topological polar surface area (TPSA) is 40.5 Å². The van der Waals surface area contributed by atoms with Gasteiger partial charge in [-0.25, -0.2) is 0 Å². The van der Waals surface area contributed by atoms with Crippen LogP contribution in [-0.4, -0.2) is 35.6 Å². The lowest BCUT2D eigenvalue weighted by Crippen LogP contribution is -2.25. The molecule has 11 heavy (non-hydrogen) atoms. The lowest BCUT2D eigenvalue weighted by Gasteiger charge is -2.11. The van der Waals surface area contributed by atoms with Crippen LogP contribution in [0.4, 0.5) is 0 Å². The second kappa shape index (κ2) is 3.40. The number of carbonyl (C=O) groups is 1. The number of amides is 1. The molecule has 1 heterocycles. The predicted molar refractivity (Wildman–Crippen MR) is 40.6 cm³/mol. The zero-order chi connectivity index (χ0) is 8.27. The minimum absolute atomic E-state index is 0.0574. The van der Waals surface area contributed by atoms with E-state index in [1.54, 1.807) is 4.90 Å². The minimum atomic E-state index is 0.0574. The van der Waals surface area contributed by atoms with Crippen LogP contribution in [0.3, 0.4) is 0 Å². The van der Waals surface area contributed by atoms with Gasteiger partial charge in [-0.05, 0) is 0 Å². The van der Waals surface area contributed by atoms with Crippen molar-refractivity contribution in [1.82, 2.24) is 4.90 Å². The smallest absolute Gasteiger partial charge is 0.223 e. The van der Waals surface area contributed by atoms with Gasteiger partial charge in [0.05, 0.1) is 6.54 Å². The third-order valence-electron chi connectivity index (χ3n) is 1.83. The Morgan fingerprint density at radius 2 is 2.55 bits per heavy atom. The summed E-state index contributed by atoms with van der Waals surface area (Å²) in [6.45, 7) is 1.06. The predicted octanol–water partition coefficient (Wildman–Crippen LogP) is -0.540. The fourth-order valence-corrected chi connectivity index (χ4v) is 1.24. The third-order valence-corrected chi connectivity index (χ3v) is 1.83. The number of hydrogen-bond donors (Lipinski definition) is 1. The van der Waals surface area contributed by atoms with Crippen molar-refractivity contribution >= 4 is 5.91 Å². The van der Waals surface area contributed by atoms with E-state index in [0.29, 0.717) is 19.5 Å². The number of aliphatic hydroxyl groups excluding tert-OH is 1. The van der Waals surface area contributed by atoms with Crippen LogP contribution in [0.1, 0.15) is 6.42 Å². The highest BCUT2D eigenvalue weighted by atomic mass is 16.3. The summed E-state index contributed by atoms with van der Waals surface area (Å²) in [6.07, 6.45) is 5.49. The van der Waals surface area contributed by atoms with Crippen LogP contribution >= 0.6 is 0 Å². The molecule has 1 saturated heterocycles. The SMILES string of the molecule is C#CCN1CC(CO)CC1=O. The summed E-state index contributed by atoms with van der Waals surface area (Å²) >= 11 is 0. The fourth-order valence-electron chi connectivity index (χ4n) is 1.24. The molecule has 1 aliphatic rings.